The van der Waals surface area contributed by atoms with Crippen LogP contribution in [0.15, 0.2) is 35.7 Å². The third-order valence-corrected chi connectivity index (χ3v) is 3.68. The fourth-order valence-corrected chi connectivity index (χ4v) is 2.47. The first-order chi connectivity index (χ1) is 7.68. The van der Waals surface area contributed by atoms with Crippen LogP contribution in [0, 0.1) is 5.82 Å². The molecular formula is C12H11ClFNS. The van der Waals surface area contributed by atoms with E-state index in [2.05, 4.69) is 0 Å². The van der Waals surface area contributed by atoms with E-state index < -0.39 is 0 Å². The van der Waals surface area contributed by atoms with Crippen molar-refractivity contribution in [2.75, 3.05) is 0 Å². The molecule has 0 radical (unpaired) electrons. The summed E-state index contributed by atoms with van der Waals surface area (Å²) in [6, 6.07) is 8.72. The molecule has 2 N–H and O–H groups in total. The molecule has 1 unspecified atom stereocenters. The third kappa shape index (κ3) is 2.43. The summed E-state index contributed by atoms with van der Waals surface area (Å²) in [6.45, 7) is 0. The molecule has 0 saturated carbocycles. The van der Waals surface area contributed by atoms with Gasteiger partial charge < -0.3 is 5.73 Å². The average Bonchev–Trinajstić information content (AvgIpc) is 2.78. The molecule has 0 saturated heterocycles. The van der Waals surface area contributed by atoms with Crippen LogP contribution in [0.1, 0.15) is 16.5 Å². The monoisotopic (exact) mass is 255 g/mol. The topological polar surface area (TPSA) is 26.0 Å². The highest BCUT2D eigenvalue weighted by Gasteiger charge is 2.12. The first kappa shape index (κ1) is 11.6. The Morgan fingerprint density at radius 3 is 2.81 bits per heavy atom. The summed E-state index contributed by atoms with van der Waals surface area (Å²) in [6.07, 6.45) is 0.465. The standard InChI is InChI=1S/C12H11ClFNS/c13-9-4-1-3-8(12(9)14)7-10(15)11-5-2-6-16-11/h1-6,10H,7,15H2. The Morgan fingerprint density at radius 1 is 1.31 bits per heavy atom. The summed E-state index contributed by atoms with van der Waals surface area (Å²) >= 11 is 7.29. The van der Waals surface area contributed by atoms with Gasteiger partial charge in [0.1, 0.15) is 5.82 Å². The van der Waals surface area contributed by atoms with E-state index in [9.17, 15) is 4.39 Å². The van der Waals surface area contributed by atoms with Gasteiger partial charge in [0.2, 0.25) is 0 Å². The smallest absolute Gasteiger partial charge is 0.145 e. The molecule has 4 heteroatoms. The Kier molecular flexibility index (Phi) is 3.59. The maximum absolute atomic E-state index is 13.6. The van der Waals surface area contributed by atoms with Crippen LogP contribution in [-0.4, -0.2) is 0 Å². The number of benzene rings is 1. The van der Waals surface area contributed by atoms with Crippen molar-refractivity contribution in [2.45, 2.75) is 12.5 Å². The molecule has 1 aromatic carbocycles. The molecule has 0 spiro atoms. The van der Waals surface area contributed by atoms with E-state index in [-0.39, 0.29) is 16.9 Å². The zero-order valence-corrected chi connectivity index (χ0v) is 10.1. The van der Waals surface area contributed by atoms with Crippen molar-refractivity contribution in [3.8, 4) is 0 Å². The van der Waals surface area contributed by atoms with Gasteiger partial charge in [-0.1, -0.05) is 29.8 Å². The van der Waals surface area contributed by atoms with Gasteiger partial charge in [-0.15, -0.1) is 11.3 Å². The molecule has 0 aliphatic carbocycles. The summed E-state index contributed by atoms with van der Waals surface area (Å²) in [5.74, 6) is -0.365. The van der Waals surface area contributed by atoms with Gasteiger partial charge in [0.05, 0.1) is 5.02 Å². The summed E-state index contributed by atoms with van der Waals surface area (Å²) in [5, 5.41) is 2.11. The van der Waals surface area contributed by atoms with Crippen molar-refractivity contribution in [2.24, 2.45) is 5.73 Å². The molecule has 2 rings (SSSR count). The Morgan fingerprint density at radius 2 is 2.12 bits per heavy atom. The SMILES string of the molecule is NC(Cc1cccc(Cl)c1F)c1cccs1. The highest BCUT2D eigenvalue weighted by molar-refractivity contribution is 7.10. The predicted molar refractivity (Wildman–Crippen MR) is 66.4 cm³/mol. The van der Waals surface area contributed by atoms with Crippen molar-refractivity contribution in [3.05, 3.63) is 57.0 Å². The zero-order valence-electron chi connectivity index (χ0n) is 8.49. The van der Waals surface area contributed by atoms with E-state index in [4.69, 9.17) is 17.3 Å². The number of thiophene rings is 1. The van der Waals surface area contributed by atoms with Crippen molar-refractivity contribution < 1.29 is 4.39 Å². The van der Waals surface area contributed by atoms with Gasteiger partial charge >= 0.3 is 0 Å². The second kappa shape index (κ2) is 4.95. The molecule has 1 heterocycles. The highest BCUT2D eigenvalue weighted by Crippen LogP contribution is 2.24. The Bertz CT molecular complexity index is 470. The maximum atomic E-state index is 13.6. The van der Waals surface area contributed by atoms with Crippen molar-refractivity contribution >= 4 is 22.9 Å². The van der Waals surface area contributed by atoms with Crippen LogP contribution in [0.3, 0.4) is 0 Å². The molecular weight excluding hydrogens is 245 g/mol. The lowest BCUT2D eigenvalue weighted by atomic mass is 10.0. The van der Waals surface area contributed by atoms with Gasteiger partial charge in [-0.2, -0.15) is 0 Å². The number of halogens is 2. The van der Waals surface area contributed by atoms with Crippen LogP contribution in [0.2, 0.25) is 5.02 Å². The molecule has 0 amide bonds. The van der Waals surface area contributed by atoms with Crippen LogP contribution in [0.5, 0.6) is 0 Å². The normalized spacial score (nSPS) is 12.7. The minimum absolute atomic E-state index is 0.149. The van der Waals surface area contributed by atoms with Gasteiger partial charge in [0.15, 0.2) is 0 Å². The van der Waals surface area contributed by atoms with Gasteiger partial charge in [0, 0.05) is 10.9 Å². The Hall–Kier alpha value is -0.900. The number of hydrogen-bond donors (Lipinski definition) is 1. The molecule has 1 atom stereocenters. The quantitative estimate of drug-likeness (QED) is 0.887. The van der Waals surface area contributed by atoms with Crippen molar-refractivity contribution in [1.29, 1.82) is 0 Å². The largest absolute Gasteiger partial charge is 0.323 e. The molecule has 0 aliphatic rings. The molecule has 0 fully saturated rings. The molecule has 0 bridgehead atoms. The third-order valence-electron chi connectivity index (χ3n) is 2.38. The molecule has 1 aromatic heterocycles. The lowest BCUT2D eigenvalue weighted by Gasteiger charge is -2.10. The lowest BCUT2D eigenvalue weighted by Crippen LogP contribution is -2.12. The van der Waals surface area contributed by atoms with Crippen LogP contribution < -0.4 is 5.73 Å². The minimum Gasteiger partial charge on any atom is -0.323 e. The summed E-state index contributed by atoms with van der Waals surface area (Å²) in [5.41, 5.74) is 6.55. The van der Waals surface area contributed by atoms with E-state index in [1.807, 2.05) is 17.5 Å². The van der Waals surface area contributed by atoms with Crippen LogP contribution in [0.4, 0.5) is 4.39 Å². The van der Waals surface area contributed by atoms with Gasteiger partial charge in [-0.3, -0.25) is 0 Å². The zero-order chi connectivity index (χ0) is 11.5. The molecule has 84 valence electrons. The lowest BCUT2D eigenvalue weighted by molar-refractivity contribution is 0.595. The predicted octanol–water partition coefficient (Wildman–Crippen LogP) is 3.78. The summed E-state index contributed by atoms with van der Waals surface area (Å²) < 4.78 is 13.6. The molecule has 16 heavy (non-hydrogen) atoms. The fraction of sp³-hybridized carbons (Fsp3) is 0.167. The first-order valence-electron chi connectivity index (χ1n) is 4.90. The van der Waals surface area contributed by atoms with E-state index in [1.165, 1.54) is 6.07 Å². The average molecular weight is 256 g/mol. The number of hydrogen-bond acceptors (Lipinski definition) is 2. The fourth-order valence-electron chi connectivity index (χ4n) is 1.55. The van der Waals surface area contributed by atoms with Gasteiger partial charge in [-0.05, 0) is 29.5 Å². The Balaban J connectivity index is 2.18. The maximum Gasteiger partial charge on any atom is 0.145 e. The highest BCUT2D eigenvalue weighted by atomic mass is 35.5. The molecule has 2 aromatic rings. The number of nitrogens with two attached hydrogens (primary N) is 1. The van der Waals surface area contributed by atoms with E-state index in [0.717, 1.165) is 4.88 Å². The Labute approximate surface area is 103 Å². The summed E-state index contributed by atoms with van der Waals surface area (Å²) in [4.78, 5) is 1.05. The van der Waals surface area contributed by atoms with E-state index in [1.54, 1.807) is 23.5 Å². The minimum atomic E-state index is -0.365. The van der Waals surface area contributed by atoms with Crippen LogP contribution in [0.25, 0.3) is 0 Å². The van der Waals surface area contributed by atoms with E-state index >= 15 is 0 Å². The van der Waals surface area contributed by atoms with Gasteiger partial charge in [0.25, 0.3) is 0 Å². The number of rotatable bonds is 3. The molecule has 0 aliphatic heterocycles. The van der Waals surface area contributed by atoms with Crippen LogP contribution in [-0.2, 0) is 6.42 Å². The van der Waals surface area contributed by atoms with Crippen LogP contribution >= 0.6 is 22.9 Å². The molecule has 1 nitrogen and oxygen atoms in total. The van der Waals surface area contributed by atoms with E-state index in [0.29, 0.717) is 12.0 Å². The first-order valence-corrected chi connectivity index (χ1v) is 6.16. The second-order valence-corrected chi connectivity index (χ2v) is 4.93. The van der Waals surface area contributed by atoms with Crippen molar-refractivity contribution in [3.63, 3.8) is 0 Å². The van der Waals surface area contributed by atoms with Gasteiger partial charge in [-0.25, -0.2) is 4.39 Å². The second-order valence-electron chi connectivity index (χ2n) is 3.54. The van der Waals surface area contributed by atoms with Crippen molar-refractivity contribution in [1.82, 2.24) is 0 Å². The summed E-state index contributed by atoms with van der Waals surface area (Å²) in [7, 11) is 0.